The Bertz CT molecular complexity index is 782. The van der Waals surface area contributed by atoms with Gasteiger partial charge in [0.2, 0.25) is 10.9 Å². The summed E-state index contributed by atoms with van der Waals surface area (Å²) in [5, 5.41) is 0.160. The molecule has 3 aromatic rings. The van der Waals surface area contributed by atoms with E-state index in [0.29, 0.717) is 5.76 Å². The van der Waals surface area contributed by atoms with Crippen LogP contribution in [0.15, 0.2) is 65.1 Å². The van der Waals surface area contributed by atoms with Gasteiger partial charge in [0.1, 0.15) is 5.69 Å². The van der Waals surface area contributed by atoms with Gasteiger partial charge in [0.15, 0.2) is 5.76 Å². The quantitative estimate of drug-likeness (QED) is 0.719. The minimum absolute atomic E-state index is 0.160. The standard InChI is InChI=1S/C15H10ClNO.C2H7NO2S/c16-15-17-13(11-7-3-1-4-8-11)14(18-15)12-9-5-2-6-10-12;1-3(2)6(4)5/h1-10H;6H,1-2H3. The van der Waals surface area contributed by atoms with Crippen molar-refractivity contribution in [3.05, 3.63) is 66.0 Å². The van der Waals surface area contributed by atoms with Crippen LogP contribution in [0, 0.1) is 0 Å². The molecule has 0 spiro atoms. The average molecular weight is 365 g/mol. The summed E-state index contributed by atoms with van der Waals surface area (Å²) in [4.78, 5) is 4.26. The second kappa shape index (κ2) is 8.63. The van der Waals surface area contributed by atoms with Gasteiger partial charge in [-0.15, -0.1) is 0 Å². The summed E-state index contributed by atoms with van der Waals surface area (Å²) in [7, 11) is 0.630. The SMILES string of the molecule is CN(C)[SH](=O)=O.Clc1nc(-c2ccccc2)c(-c2ccccc2)o1. The van der Waals surface area contributed by atoms with Gasteiger partial charge in [-0.3, -0.25) is 0 Å². The Morgan fingerprint density at radius 3 is 1.83 bits per heavy atom. The van der Waals surface area contributed by atoms with Crippen LogP contribution >= 0.6 is 11.6 Å². The first kappa shape index (κ1) is 18.2. The van der Waals surface area contributed by atoms with Crippen LogP contribution in [0.4, 0.5) is 0 Å². The van der Waals surface area contributed by atoms with Crippen LogP contribution in [-0.2, 0) is 10.9 Å². The van der Waals surface area contributed by atoms with Crippen LogP contribution in [0.25, 0.3) is 22.6 Å². The molecular formula is C17H17ClN2O3S. The second-order valence-electron chi connectivity index (χ2n) is 4.96. The highest BCUT2D eigenvalue weighted by atomic mass is 35.5. The largest absolute Gasteiger partial charge is 0.427 e. The van der Waals surface area contributed by atoms with E-state index in [0.717, 1.165) is 21.1 Å². The number of halogens is 1. The van der Waals surface area contributed by atoms with Crippen LogP contribution in [0.5, 0.6) is 0 Å². The molecule has 0 bridgehead atoms. The Labute approximate surface area is 147 Å². The maximum Gasteiger partial charge on any atom is 0.293 e. The number of hydrogen-bond donors (Lipinski definition) is 1. The first-order valence-electron chi connectivity index (χ1n) is 7.08. The van der Waals surface area contributed by atoms with Crippen molar-refractivity contribution in [1.29, 1.82) is 0 Å². The Hall–Kier alpha value is -2.15. The lowest BCUT2D eigenvalue weighted by molar-refractivity contribution is 0.544. The van der Waals surface area contributed by atoms with Gasteiger partial charge in [0.05, 0.1) is 0 Å². The number of aromatic nitrogens is 1. The fourth-order valence-electron chi connectivity index (χ4n) is 1.87. The molecule has 0 aliphatic heterocycles. The molecule has 0 N–H and O–H groups in total. The molecule has 0 fully saturated rings. The fourth-order valence-corrected chi connectivity index (χ4v) is 2.03. The van der Waals surface area contributed by atoms with Gasteiger partial charge in [-0.05, 0) is 11.6 Å². The summed E-state index contributed by atoms with van der Waals surface area (Å²) < 4.78 is 26.0. The first-order chi connectivity index (χ1) is 11.5. The summed E-state index contributed by atoms with van der Waals surface area (Å²) in [5.74, 6) is 0.701. The molecule has 1 heterocycles. The number of hydrogen-bond acceptors (Lipinski definition) is 4. The smallest absolute Gasteiger partial charge is 0.293 e. The monoisotopic (exact) mass is 364 g/mol. The highest BCUT2D eigenvalue weighted by Gasteiger charge is 2.15. The third-order valence-electron chi connectivity index (χ3n) is 3.01. The molecule has 0 aliphatic rings. The van der Waals surface area contributed by atoms with Crippen molar-refractivity contribution >= 4 is 22.5 Å². The summed E-state index contributed by atoms with van der Waals surface area (Å²) in [6.45, 7) is 0. The Morgan fingerprint density at radius 2 is 1.38 bits per heavy atom. The lowest BCUT2D eigenvalue weighted by atomic mass is 10.1. The number of rotatable bonds is 3. The molecule has 1 aromatic heterocycles. The molecule has 24 heavy (non-hydrogen) atoms. The van der Waals surface area contributed by atoms with Gasteiger partial charge < -0.3 is 4.42 Å². The molecule has 0 unspecified atom stereocenters. The molecule has 0 saturated heterocycles. The zero-order valence-electron chi connectivity index (χ0n) is 13.2. The van der Waals surface area contributed by atoms with E-state index in [2.05, 4.69) is 4.98 Å². The van der Waals surface area contributed by atoms with Crippen LogP contribution in [-0.4, -0.2) is 31.8 Å². The van der Waals surface area contributed by atoms with E-state index in [1.807, 2.05) is 60.7 Å². The normalized spacial score (nSPS) is 10.5. The Kier molecular flexibility index (Phi) is 6.54. The van der Waals surface area contributed by atoms with Gasteiger partial charge in [0, 0.05) is 25.2 Å². The molecule has 3 rings (SSSR count). The van der Waals surface area contributed by atoms with Crippen molar-refractivity contribution < 1.29 is 12.8 Å². The van der Waals surface area contributed by atoms with E-state index in [9.17, 15) is 8.42 Å². The summed E-state index contributed by atoms with van der Waals surface area (Å²) >= 11 is 5.89. The van der Waals surface area contributed by atoms with Gasteiger partial charge in [-0.25, -0.2) is 12.7 Å². The van der Waals surface area contributed by atoms with Crippen molar-refractivity contribution in [1.82, 2.24) is 9.29 Å². The topological polar surface area (TPSA) is 63.4 Å². The van der Waals surface area contributed by atoms with Gasteiger partial charge in [-0.2, -0.15) is 4.98 Å². The Morgan fingerprint density at radius 1 is 0.917 bits per heavy atom. The number of benzene rings is 2. The van der Waals surface area contributed by atoms with E-state index in [1.165, 1.54) is 14.1 Å². The summed E-state index contributed by atoms with van der Waals surface area (Å²) in [6, 6.07) is 19.7. The minimum Gasteiger partial charge on any atom is -0.427 e. The third-order valence-corrected chi connectivity index (χ3v) is 3.83. The Balaban J connectivity index is 0.000000301. The average Bonchev–Trinajstić information content (AvgIpc) is 2.99. The molecule has 7 heteroatoms. The van der Waals surface area contributed by atoms with Crippen molar-refractivity contribution in [3.8, 4) is 22.6 Å². The second-order valence-corrected chi connectivity index (χ2v) is 6.56. The van der Waals surface area contributed by atoms with Crippen LogP contribution in [0.3, 0.4) is 0 Å². The summed E-state index contributed by atoms with van der Waals surface area (Å²) in [5.41, 5.74) is 2.73. The highest BCUT2D eigenvalue weighted by molar-refractivity contribution is 7.69. The molecule has 126 valence electrons. The van der Waals surface area contributed by atoms with Crippen LogP contribution in [0.2, 0.25) is 5.35 Å². The molecule has 2 aromatic carbocycles. The molecular weight excluding hydrogens is 348 g/mol. The molecule has 5 nitrogen and oxygen atoms in total. The molecule has 0 aliphatic carbocycles. The highest BCUT2D eigenvalue weighted by Crippen LogP contribution is 2.33. The van der Waals surface area contributed by atoms with E-state index < -0.39 is 10.9 Å². The lowest BCUT2D eigenvalue weighted by Gasteiger charge is -2.00. The predicted molar refractivity (Wildman–Crippen MR) is 96.4 cm³/mol. The lowest BCUT2D eigenvalue weighted by Crippen LogP contribution is -2.06. The van der Waals surface area contributed by atoms with E-state index in [4.69, 9.17) is 16.0 Å². The number of thiol groups is 1. The summed E-state index contributed by atoms with van der Waals surface area (Å²) in [6.07, 6.45) is 0. The van der Waals surface area contributed by atoms with Gasteiger partial charge in [-0.1, -0.05) is 60.7 Å². The number of nitrogens with zero attached hydrogens (tertiary/aromatic N) is 2. The molecule has 0 saturated carbocycles. The minimum atomic E-state index is -2.33. The molecule has 0 radical (unpaired) electrons. The zero-order valence-corrected chi connectivity index (χ0v) is 14.9. The van der Waals surface area contributed by atoms with Crippen molar-refractivity contribution in [2.24, 2.45) is 0 Å². The predicted octanol–water partition coefficient (Wildman–Crippen LogP) is 3.74. The molecule has 0 atom stereocenters. The van der Waals surface area contributed by atoms with Crippen molar-refractivity contribution in [3.63, 3.8) is 0 Å². The van der Waals surface area contributed by atoms with Crippen LogP contribution in [0.1, 0.15) is 0 Å². The zero-order chi connectivity index (χ0) is 17.5. The maximum atomic E-state index is 9.66. The molecule has 0 amide bonds. The van der Waals surface area contributed by atoms with E-state index >= 15 is 0 Å². The maximum absolute atomic E-state index is 9.66. The van der Waals surface area contributed by atoms with Gasteiger partial charge in [0.25, 0.3) is 5.35 Å². The number of oxazole rings is 1. The third kappa shape index (κ3) is 4.92. The fraction of sp³-hybridized carbons (Fsp3) is 0.118. The van der Waals surface area contributed by atoms with Gasteiger partial charge >= 0.3 is 0 Å². The van der Waals surface area contributed by atoms with E-state index in [1.54, 1.807) is 0 Å². The first-order valence-corrected chi connectivity index (χ1v) is 8.58. The van der Waals surface area contributed by atoms with Crippen molar-refractivity contribution in [2.45, 2.75) is 0 Å². The van der Waals surface area contributed by atoms with E-state index in [-0.39, 0.29) is 5.35 Å². The van der Waals surface area contributed by atoms with Crippen LogP contribution < -0.4 is 0 Å². The van der Waals surface area contributed by atoms with Crippen molar-refractivity contribution in [2.75, 3.05) is 14.1 Å².